The van der Waals surface area contributed by atoms with Crippen LogP contribution in [0.3, 0.4) is 0 Å². The highest BCUT2D eigenvalue weighted by molar-refractivity contribution is 7.27. The standard InChI is InChI=1S/C45H26N4S2/c1-2-12-27(13-3-1)43-46-44(28-24-25-40-35(26-28)31-16-6-9-23-39(31)50-40)48-45(47-43)34-19-10-17-32-33-18-11-22-38(42(33)51-41(32)34)49-36-20-7-4-14-29(36)30-15-5-8-21-37(30)49/h1-26H/i1D,2D,3D,12D,13D. The minimum atomic E-state index is -0.470. The Labute approximate surface area is 307 Å². The molecular weight excluding hydrogens is 661 g/mol. The molecule has 51 heavy (non-hydrogen) atoms. The smallest absolute Gasteiger partial charge is 0.165 e. The molecule has 0 aliphatic carbocycles. The van der Waals surface area contributed by atoms with Crippen LogP contribution in [-0.4, -0.2) is 19.5 Å². The normalized spacial score (nSPS) is 13.3. The topological polar surface area (TPSA) is 43.6 Å². The predicted molar refractivity (Wildman–Crippen MR) is 216 cm³/mol. The Morgan fingerprint density at radius 3 is 1.84 bits per heavy atom. The van der Waals surface area contributed by atoms with E-state index in [0.29, 0.717) is 11.6 Å². The summed E-state index contributed by atoms with van der Waals surface area (Å²) in [6, 6.07) is 41.7. The Balaban J connectivity index is 1.18. The highest BCUT2D eigenvalue weighted by Gasteiger charge is 2.20. The third-order valence-electron chi connectivity index (χ3n) is 9.56. The fourth-order valence-corrected chi connectivity index (χ4v) is 9.70. The lowest BCUT2D eigenvalue weighted by Gasteiger charge is -2.09. The SMILES string of the molecule is [2H]c1c([2H])c([2H])c(-c2nc(-c3ccc4sc5ccccc5c4c3)nc(-c3cccc4c3sc3c(-n5c6ccccc6c6ccccc65)cccc34)n2)c([2H])c1[2H]. The maximum absolute atomic E-state index is 8.84. The van der Waals surface area contributed by atoms with Crippen LogP contribution in [-0.2, 0) is 0 Å². The highest BCUT2D eigenvalue weighted by atomic mass is 32.1. The van der Waals surface area contributed by atoms with Crippen LogP contribution in [0.1, 0.15) is 6.85 Å². The van der Waals surface area contributed by atoms with Gasteiger partial charge in [-0.25, -0.2) is 15.0 Å². The minimum absolute atomic E-state index is 0.0151. The monoisotopic (exact) mass is 691 g/mol. The Morgan fingerprint density at radius 1 is 0.451 bits per heavy atom. The van der Waals surface area contributed by atoms with E-state index >= 15 is 0 Å². The average molecular weight is 692 g/mol. The number of benzene rings is 7. The number of hydrogen-bond acceptors (Lipinski definition) is 5. The van der Waals surface area contributed by atoms with Gasteiger partial charge >= 0.3 is 0 Å². The minimum Gasteiger partial charge on any atom is -0.308 e. The molecule has 0 aliphatic rings. The van der Waals surface area contributed by atoms with E-state index in [2.05, 4.69) is 102 Å². The first-order valence-electron chi connectivity index (χ1n) is 19.0. The molecule has 0 aliphatic heterocycles. The third kappa shape index (κ3) is 4.40. The van der Waals surface area contributed by atoms with Crippen molar-refractivity contribution in [3.63, 3.8) is 0 Å². The summed E-state index contributed by atoms with van der Waals surface area (Å²) in [7, 11) is 0. The van der Waals surface area contributed by atoms with Crippen molar-refractivity contribution in [2.24, 2.45) is 0 Å². The van der Waals surface area contributed by atoms with Gasteiger partial charge in [0.2, 0.25) is 0 Å². The molecule has 11 aromatic rings. The van der Waals surface area contributed by atoms with Gasteiger partial charge in [-0.2, -0.15) is 0 Å². The Kier molecular flexibility index (Phi) is 5.25. The summed E-state index contributed by atoms with van der Waals surface area (Å²) >= 11 is 3.38. The van der Waals surface area contributed by atoms with Gasteiger partial charge in [0.25, 0.3) is 0 Å². The fraction of sp³-hybridized carbons (Fsp3) is 0. The number of nitrogens with zero attached hydrogens (tertiary/aromatic N) is 4. The first-order chi connectivity index (χ1) is 27.4. The predicted octanol–water partition coefficient (Wildman–Crippen LogP) is 12.7. The van der Waals surface area contributed by atoms with Crippen molar-refractivity contribution in [3.05, 3.63) is 158 Å². The average Bonchev–Trinajstić information content (AvgIpc) is 3.92. The number of rotatable bonds is 4. The molecule has 0 radical (unpaired) electrons. The number of aromatic nitrogens is 4. The molecule has 0 spiro atoms. The lowest BCUT2D eigenvalue weighted by Crippen LogP contribution is -2.00. The van der Waals surface area contributed by atoms with E-state index < -0.39 is 18.1 Å². The summed E-state index contributed by atoms with van der Waals surface area (Å²) in [5.41, 5.74) is 4.74. The van der Waals surface area contributed by atoms with E-state index in [4.69, 9.17) is 21.8 Å². The van der Waals surface area contributed by atoms with Crippen LogP contribution < -0.4 is 0 Å². The van der Waals surface area contributed by atoms with Crippen LogP contribution in [0, 0.1) is 0 Å². The maximum atomic E-state index is 8.84. The van der Waals surface area contributed by atoms with Crippen LogP contribution in [0.2, 0.25) is 0 Å². The van der Waals surface area contributed by atoms with Crippen molar-refractivity contribution in [2.45, 2.75) is 0 Å². The molecule has 0 unspecified atom stereocenters. The van der Waals surface area contributed by atoms with Gasteiger partial charge in [0.15, 0.2) is 17.5 Å². The second-order valence-electron chi connectivity index (χ2n) is 12.4. The highest BCUT2D eigenvalue weighted by Crippen LogP contribution is 2.44. The first kappa shape index (κ1) is 24.0. The number of hydrogen-bond donors (Lipinski definition) is 0. The van der Waals surface area contributed by atoms with Crippen LogP contribution in [0.15, 0.2) is 158 Å². The van der Waals surface area contributed by atoms with E-state index in [-0.39, 0.29) is 23.5 Å². The summed E-state index contributed by atoms with van der Waals surface area (Å²) in [6.45, 7) is 0. The van der Waals surface area contributed by atoms with Gasteiger partial charge in [-0.1, -0.05) is 109 Å². The molecule has 0 bridgehead atoms. The van der Waals surface area contributed by atoms with Gasteiger partial charge in [-0.3, -0.25) is 0 Å². The van der Waals surface area contributed by atoms with Crippen LogP contribution >= 0.6 is 22.7 Å². The summed E-state index contributed by atoms with van der Waals surface area (Å²) in [6.07, 6.45) is 0. The van der Waals surface area contributed by atoms with E-state index in [0.717, 1.165) is 63.5 Å². The lowest BCUT2D eigenvalue weighted by atomic mass is 10.1. The number of thiophene rings is 2. The maximum Gasteiger partial charge on any atom is 0.165 e. The van der Waals surface area contributed by atoms with Crippen molar-refractivity contribution >= 4 is 84.8 Å². The molecule has 4 heterocycles. The van der Waals surface area contributed by atoms with Gasteiger partial charge < -0.3 is 4.57 Å². The molecule has 7 aromatic carbocycles. The van der Waals surface area contributed by atoms with E-state index in [1.165, 1.54) is 15.5 Å². The molecule has 11 rings (SSSR count). The Hall–Kier alpha value is -6.21. The molecule has 4 aromatic heterocycles. The van der Waals surface area contributed by atoms with Gasteiger partial charge in [-0.05, 0) is 48.5 Å². The summed E-state index contributed by atoms with van der Waals surface area (Å²) in [4.78, 5) is 14.9. The summed E-state index contributed by atoms with van der Waals surface area (Å²) < 4.78 is 49.5. The van der Waals surface area contributed by atoms with Crippen molar-refractivity contribution in [1.82, 2.24) is 19.5 Å². The molecule has 4 nitrogen and oxygen atoms in total. The molecule has 0 fully saturated rings. The zero-order valence-electron chi connectivity index (χ0n) is 31.7. The second-order valence-corrected chi connectivity index (χ2v) is 14.5. The van der Waals surface area contributed by atoms with Crippen molar-refractivity contribution in [1.29, 1.82) is 0 Å². The van der Waals surface area contributed by atoms with Crippen LogP contribution in [0.4, 0.5) is 0 Å². The molecule has 0 amide bonds. The Bertz CT molecular complexity index is 3380. The quantitative estimate of drug-likeness (QED) is 0.184. The lowest BCUT2D eigenvalue weighted by molar-refractivity contribution is 1.08. The second kappa shape index (κ2) is 11.2. The van der Waals surface area contributed by atoms with Crippen molar-refractivity contribution in [3.8, 4) is 39.9 Å². The summed E-state index contributed by atoms with van der Waals surface area (Å²) in [5, 5.41) is 6.72. The van der Waals surface area contributed by atoms with Gasteiger partial charge in [0.1, 0.15) is 0 Å². The molecule has 0 atom stereocenters. The summed E-state index contributed by atoms with van der Waals surface area (Å²) in [5.74, 6) is 0.710. The van der Waals surface area contributed by atoms with Crippen LogP contribution in [0.5, 0.6) is 0 Å². The van der Waals surface area contributed by atoms with Gasteiger partial charge in [0, 0.05) is 63.1 Å². The molecule has 0 N–H and O–H groups in total. The van der Waals surface area contributed by atoms with Gasteiger partial charge in [0.05, 0.1) is 28.3 Å². The van der Waals surface area contributed by atoms with Crippen LogP contribution in [0.25, 0.3) is 102 Å². The first-order valence-corrected chi connectivity index (χ1v) is 18.2. The van der Waals surface area contributed by atoms with Crippen molar-refractivity contribution < 1.29 is 6.85 Å². The zero-order valence-corrected chi connectivity index (χ0v) is 28.4. The van der Waals surface area contributed by atoms with E-state index in [9.17, 15) is 0 Å². The zero-order chi connectivity index (χ0) is 37.8. The van der Waals surface area contributed by atoms with E-state index in [1.807, 2.05) is 30.3 Å². The van der Waals surface area contributed by atoms with Gasteiger partial charge in [-0.15, -0.1) is 22.7 Å². The largest absolute Gasteiger partial charge is 0.308 e. The molecule has 0 saturated carbocycles. The van der Waals surface area contributed by atoms with Crippen molar-refractivity contribution in [2.75, 3.05) is 0 Å². The molecule has 238 valence electrons. The molecular formula is C45H26N4S2. The Morgan fingerprint density at radius 2 is 1.06 bits per heavy atom. The fourth-order valence-electron chi connectivity index (χ4n) is 7.30. The molecule has 0 saturated heterocycles. The number of fused-ring (bicyclic) bond motifs is 9. The molecule has 6 heteroatoms. The number of para-hydroxylation sites is 2. The van der Waals surface area contributed by atoms with E-state index in [1.54, 1.807) is 22.7 Å². The third-order valence-corrected chi connectivity index (χ3v) is 12.0.